The second kappa shape index (κ2) is 7.27. The summed E-state index contributed by atoms with van der Waals surface area (Å²) in [5, 5.41) is 1.11. The molecule has 2 aromatic carbocycles. The highest BCUT2D eigenvalue weighted by Crippen LogP contribution is 2.32. The molecule has 3 rings (SSSR count). The first-order valence-electron chi connectivity index (χ1n) is 8.45. The van der Waals surface area contributed by atoms with Gasteiger partial charge in [-0.1, -0.05) is 67.3 Å². The SMILES string of the molecule is C=C/C=C(\C=C/C)c1nc(-c2ccccc2C)c2c(C)cccc2n1. The summed E-state index contributed by atoms with van der Waals surface area (Å²) >= 11 is 0. The van der Waals surface area contributed by atoms with Gasteiger partial charge in [-0.2, -0.15) is 0 Å². The van der Waals surface area contributed by atoms with Crippen LogP contribution in [-0.2, 0) is 0 Å². The molecule has 124 valence electrons. The molecule has 0 bridgehead atoms. The van der Waals surface area contributed by atoms with Gasteiger partial charge in [-0.25, -0.2) is 9.97 Å². The smallest absolute Gasteiger partial charge is 0.160 e. The van der Waals surface area contributed by atoms with Crippen LogP contribution in [0, 0.1) is 13.8 Å². The maximum atomic E-state index is 4.95. The van der Waals surface area contributed by atoms with Gasteiger partial charge in [0.15, 0.2) is 5.82 Å². The first-order valence-corrected chi connectivity index (χ1v) is 8.45. The molecule has 0 aliphatic carbocycles. The molecule has 1 aromatic heterocycles. The van der Waals surface area contributed by atoms with Gasteiger partial charge >= 0.3 is 0 Å². The lowest BCUT2D eigenvalue weighted by molar-refractivity contribution is 1.16. The summed E-state index contributed by atoms with van der Waals surface area (Å²) in [7, 11) is 0. The molecule has 0 spiro atoms. The monoisotopic (exact) mass is 326 g/mol. The van der Waals surface area contributed by atoms with Gasteiger partial charge in [-0.05, 0) is 38.0 Å². The normalized spacial score (nSPS) is 12.0. The highest BCUT2D eigenvalue weighted by Gasteiger charge is 2.14. The largest absolute Gasteiger partial charge is 0.228 e. The number of allylic oxidation sites excluding steroid dienone is 5. The third-order valence-electron chi connectivity index (χ3n) is 4.23. The van der Waals surface area contributed by atoms with Crippen LogP contribution in [0.4, 0.5) is 0 Å². The van der Waals surface area contributed by atoms with Crippen molar-refractivity contribution in [3.05, 3.63) is 90.3 Å². The molecular formula is C23H22N2. The van der Waals surface area contributed by atoms with Crippen molar-refractivity contribution in [1.82, 2.24) is 9.97 Å². The van der Waals surface area contributed by atoms with Gasteiger partial charge in [-0.3, -0.25) is 0 Å². The van der Waals surface area contributed by atoms with Gasteiger partial charge in [0.25, 0.3) is 0 Å². The maximum absolute atomic E-state index is 4.95. The number of aromatic nitrogens is 2. The van der Waals surface area contributed by atoms with E-state index in [1.807, 2.05) is 31.2 Å². The predicted octanol–water partition coefficient (Wildman–Crippen LogP) is 6.06. The Hall–Kier alpha value is -3.00. The summed E-state index contributed by atoms with van der Waals surface area (Å²) < 4.78 is 0. The Morgan fingerprint density at radius 2 is 1.72 bits per heavy atom. The van der Waals surface area contributed by atoms with Crippen LogP contribution in [0.3, 0.4) is 0 Å². The molecule has 0 saturated carbocycles. The fourth-order valence-electron chi connectivity index (χ4n) is 3.03. The fourth-order valence-corrected chi connectivity index (χ4v) is 3.03. The van der Waals surface area contributed by atoms with Crippen molar-refractivity contribution >= 4 is 16.5 Å². The summed E-state index contributed by atoms with van der Waals surface area (Å²) in [4.78, 5) is 9.76. The van der Waals surface area contributed by atoms with Gasteiger partial charge in [0.2, 0.25) is 0 Å². The Labute approximate surface area is 149 Å². The highest BCUT2D eigenvalue weighted by molar-refractivity contribution is 5.96. The second-order valence-corrected chi connectivity index (χ2v) is 6.04. The summed E-state index contributed by atoms with van der Waals surface area (Å²) in [5.41, 5.74) is 6.43. The van der Waals surface area contributed by atoms with Crippen molar-refractivity contribution in [1.29, 1.82) is 0 Å². The summed E-state index contributed by atoms with van der Waals surface area (Å²) in [6, 6.07) is 14.6. The molecule has 25 heavy (non-hydrogen) atoms. The van der Waals surface area contributed by atoms with Crippen LogP contribution in [0.5, 0.6) is 0 Å². The number of hydrogen-bond acceptors (Lipinski definition) is 2. The molecule has 0 aliphatic rings. The van der Waals surface area contributed by atoms with E-state index in [4.69, 9.17) is 9.97 Å². The zero-order chi connectivity index (χ0) is 17.8. The van der Waals surface area contributed by atoms with Crippen LogP contribution in [0.2, 0.25) is 0 Å². The maximum Gasteiger partial charge on any atom is 0.160 e. The molecule has 1 heterocycles. The van der Waals surface area contributed by atoms with Crippen LogP contribution in [0.25, 0.3) is 27.7 Å². The minimum Gasteiger partial charge on any atom is -0.228 e. The molecule has 0 aliphatic heterocycles. The Morgan fingerprint density at radius 1 is 0.960 bits per heavy atom. The van der Waals surface area contributed by atoms with Gasteiger partial charge in [0.05, 0.1) is 11.2 Å². The Balaban J connectivity index is 2.39. The van der Waals surface area contributed by atoms with E-state index in [0.717, 1.165) is 27.7 Å². The molecule has 0 unspecified atom stereocenters. The molecule has 0 fully saturated rings. The molecular weight excluding hydrogens is 304 g/mol. The van der Waals surface area contributed by atoms with E-state index in [1.165, 1.54) is 11.1 Å². The zero-order valence-corrected chi connectivity index (χ0v) is 15.0. The molecule has 0 atom stereocenters. The van der Waals surface area contributed by atoms with Gasteiger partial charge in [0.1, 0.15) is 0 Å². The van der Waals surface area contributed by atoms with Crippen LogP contribution in [0.1, 0.15) is 23.9 Å². The van der Waals surface area contributed by atoms with Crippen molar-refractivity contribution < 1.29 is 0 Å². The molecule has 0 amide bonds. The van der Waals surface area contributed by atoms with E-state index < -0.39 is 0 Å². The first-order chi connectivity index (χ1) is 12.2. The minimum absolute atomic E-state index is 0.717. The van der Waals surface area contributed by atoms with Gasteiger partial charge < -0.3 is 0 Å². The number of rotatable bonds is 4. The number of nitrogens with zero attached hydrogens (tertiary/aromatic N) is 2. The van der Waals surface area contributed by atoms with E-state index >= 15 is 0 Å². The lowest BCUT2D eigenvalue weighted by atomic mass is 9.99. The lowest BCUT2D eigenvalue weighted by Gasteiger charge is -2.13. The average Bonchev–Trinajstić information content (AvgIpc) is 2.61. The number of aryl methyl sites for hydroxylation is 2. The van der Waals surface area contributed by atoms with E-state index in [0.29, 0.717) is 5.82 Å². The van der Waals surface area contributed by atoms with E-state index in [9.17, 15) is 0 Å². The van der Waals surface area contributed by atoms with Gasteiger partial charge in [0, 0.05) is 16.5 Å². The Kier molecular flexibility index (Phi) is 4.90. The van der Waals surface area contributed by atoms with E-state index in [-0.39, 0.29) is 0 Å². The molecule has 0 N–H and O–H groups in total. The lowest BCUT2D eigenvalue weighted by Crippen LogP contribution is -2.00. The fraction of sp³-hybridized carbons (Fsp3) is 0.130. The first kappa shape index (κ1) is 16.8. The van der Waals surface area contributed by atoms with Crippen molar-refractivity contribution in [2.45, 2.75) is 20.8 Å². The Bertz CT molecular complexity index is 994. The second-order valence-electron chi connectivity index (χ2n) is 6.04. The number of hydrogen-bond donors (Lipinski definition) is 0. The van der Waals surface area contributed by atoms with E-state index in [1.54, 1.807) is 6.08 Å². The predicted molar refractivity (Wildman–Crippen MR) is 107 cm³/mol. The number of fused-ring (bicyclic) bond motifs is 1. The van der Waals surface area contributed by atoms with Crippen molar-refractivity contribution in [2.75, 3.05) is 0 Å². The molecule has 2 nitrogen and oxygen atoms in total. The van der Waals surface area contributed by atoms with Crippen LogP contribution < -0.4 is 0 Å². The average molecular weight is 326 g/mol. The molecule has 0 radical (unpaired) electrons. The van der Waals surface area contributed by atoms with Crippen molar-refractivity contribution in [3.8, 4) is 11.3 Å². The summed E-state index contributed by atoms with van der Waals surface area (Å²) in [6.07, 6.45) is 7.72. The van der Waals surface area contributed by atoms with Crippen LogP contribution in [-0.4, -0.2) is 9.97 Å². The zero-order valence-electron chi connectivity index (χ0n) is 15.0. The molecule has 2 heteroatoms. The molecule has 3 aromatic rings. The Morgan fingerprint density at radius 3 is 2.44 bits per heavy atom. The van der Waals surface area contributed by atoms with Crippen molar-refractivity contribution in [3.63, 3.8) is 0 Å². The minimum atomic E-state index is 0.717. The van der Waals surface area contributed by atoms with Crippen LogP contribution >= 0.6 is 0 Å². The van der Waals surface area contributed by atoms with Gasteiger partial charge in [-0.15, -0.1) is 0 Å². The molecule has 0 saturated heterocycles. The summed E-state index contributed by atoms with van der Waals surface area (Å²) in [6.45, 7) is 10.0. The quantitative estimate of drug-likeness (QED) is 0.545. The van der Waals surface area contributed by atoms with Crippen molar-refractivity contribution in [2.24, 2.45) is 0 Å². The highest BCUT2D eigenvalue weighted by atomic mass is 14.9. The topological polar surface area (TPSA) is 25.8 Å². The third-order valence-corrected chi connectivity index (χ3v) is 4.23. The van der Waals surface area contributed by atoms with Crippen LogP contribution in [0.15, 0.2) is 73.3 Å². The number of benzene rings is 2. The third kappa shape index (κ3) is 3.29. The summed E-state index contributed by atoms with van der Waals surface area (Å²) in [5.74, 6) is 0.717. The standard InChI is InChI=1S/C23H22N2/c1-5-10-18(11-6-2)23-24-20-15-9-13-17(4)21(20)22(25-23)19-14-8-7-12-16(19)3/h5-15H,1H2,2-4H3/b11-6-,18-10+. The van der Waals surface area contributed by atoms with E-state index in [2.05, 4.69) is 56.8 Å².